The van der Waals surface area contributed by atoms with Gasteiger partial charge in [0.05, 0.1) is 47.0 Å². The van der Waals surface area contributed by atoms with E-state index in [1.54, 1.807) is 38.1 Å². The van der Waals surface area contributed by atoms with Crippen molar-refractivity contribution in [2.75, 3.05) is 63.6 Å². The highest BCUT2D eigenvalue weighted by molar-refractivity contribution is 7.92. The Kier molecular flexibility index (Phi) is 14.7. The third-order valence-electron chi connectivity index (χ3n) is 8.54. The number of aromatic nitrogens is 2. The lowest BCUT2D eigenvalue weighted by molar-refractivity contribution is -0.121. The largest absolute Gasteiger partial charge is 0.489 e. The zero-order valence-corrected chi connectivity index (χ0v) is 31.6. The first-order valence-corrected chi connectivity index (χ1v) is 19.2. The number of carbonyl (C=O) groups is 1. The minimum Gasteiger partial charge on any atom is -0.489 e. The van der Waals surface area contributed by atoms with Gasteiger partial charge in [0.25, 0.3) is 0 Å². The summed E-state index contributed by atoms with van der Waals surface area (Å²) in [7, 11) is -1.68. The van der Waals surface area contributed by atoms with Crippen LogP contribution >= 0.6 is 11.6 Å². The van der Waals surface area contributed by atoms with Crippen LogP contribution in [0.2, 0.25) is 5.02 Å². The lowest BCUT2D eigenvalue weighted by atomic mass is 9.86. The van der Waals surface area contributed by atoms with Crippen LogP contribution in [0, 0.1) is 6.92 Å². The lowest BCUT2D eigenvalue weighted by Crippen LogP contribution is -2.37. The van der Waals surface area contributed by atoms with Crippen LogP contribution < -0.4 is 26.0 Å². The van der Waals surface area contributed by atoms with E-state index >= 15 is 0 Å². The number of para-hydroxylation sites is 1. The van der Waals surface area contributed by atoms with Crippen molar-refractivity contribution >= 4 is 50.5 Å². The van der Waals surface area contributed by atoms with Gasteiger partial charge in [-0.2, -0.15) is 4.98 Å². The van der Waals surface area contributed by atoms with Gasteiger partial charge in [0.1, 0.15) is 10.8 Å². The summed E-state index contributed by atoms with van der Waals surface area (Å²) in [6, 6.07) is 10.9. The zero-order chi connectivity index (χ0) is 36.3. The van der Waals surface area contributed by atoms with Crippen LogP contribution in [-0.2, 0) is 19.4 Å². The Morgan fingerprint density at radius 2 is 1.76 bits per heavy atom. The minimum atomic E-state index is -3.56. The number of aryl methyl sites for hydroxylation is 1. The van der Waals surface area contributed by atoms with Crippen molar-refractivity contribution in [2.45, 2.75) is 76.0 Å². The fraction of sp³-hybridized carbons (Fsp3) is 0.528. The van der Waals surface area contributed by atoms with Gasteiger partial charge in [-0.05, 0) is 109 Å². The number of sulfone groups is 1. The quantitative estimate of drug-likeness (QED) is 0.118. The normalized spacial score (nSPS) is 14.3. The number of amides is 1. The van der Waals surface area contributed by atoms with Crippen LogP contribution in [0.4, 0.5) is 23.1 Å². The predicted molar refractivity (Wildman–Crippen MR) is 200 cm³/mol. The SMILES string of the molecule is CNCCOCCNC(=O)CCN1CCC(c2cc(OC(C)C)c(Nc3ncc(Cl)c(Nc4ccccc4S(=O)(=O)C(C)C)n3)cc2C)CC1. The molecule has 4 N–H and O–H groups in total. The number of piperidine rings is 1. The first kappa shape index (κ1) is 39.3. The molecule has 0 unspecified atom stereocenters. The fourth-order valence-electron chi connectivity index (χ4n) is 5.78. The molecule has 1 amide bonds. The topological polar surface area (TPSA) is 147 Å². The van der Waals surface area contributed by atoms with Gasteiger partial charge in [0.15, 0.2) is 15.7 Å². The van der Waals surface area contributed by atoms with Crippen LogP contribution in [0.15, 0.2) is 47.5 Å². The Morgan fingerprint density at radius 1 is 1.04 bits per heavy atom. The molecular weight excluding hydrogens is 678 g/mol. The van der Waals surface area contributed by atoms with Gasteiger partial charge < -0.3 is 35.6 Å². The average Bonchev–Trinajstić information content (AvgIpc) is 3.08. The molecule has 0 saturated carbocycles. The molecule has 12 nitrogen and oxygen atoms in total. The molecule has 50 heavy (non-hydrogen) atoms. The Bertz CT molecular complexity index is 1680. The molecule has 3 aromatic rings. The van der Waals surface area contributed by atoms with E-state index in [1.165, 1.54) is 11.8 Å². The average molecular weight is 730 g/mol. The number of halogens is 1. The summed E-state index contributed by atoms with van der Waals surface area (Å²) >= 11 is 6.48. The van der Waals surface area contributed by atoms with Crippen LogP contribution in [0.3, 0.4) is 0 Å². The standard InChI is InChI=1S/C36H52ClN7O5S/c1-24(2)49-32-22-28(27-11-16-44(17-12-27)18-13-34(45)39-15-20-48-19-14-38-6)26(5)21-31(32)42-36-40-23-29(37)35(43-36)41-30-9-7-8-10-33(30)50(46,47)25(3)4/h7-10,21-25,27,38H,11-20H2,1-6H3,(H,39,45)(H2,40,41,42,43). The van der Waals surface area contributed by atoms with E-state index in [2.05, 4.69) is 55.2 Å². The molecule has 2 aromatic carbocycles. The molecule has 2 heterocycles. The van der Waals surface area contributed by atoms with Crippen LogP contribution in [-0.4, -0.2) is 93.5 Å². The molecule has 274 valence electrons. The zero-order valence-electron chi connectivity index (χ0n) is 30.0. The summed E-state index contributed by atoms with van der Waals surface area (Å²) in [6.45, 7) is 14.4. The summed E-state index contributed by atoms with van der Waals surface area (Å²) in [4.78, 5) is 23.8. The van der Waals surface area contributed by atoms with Crippen molar-refractivity contribution in [1.29, 1.82) is 0 Å². The highest BCUT2D eigenvalue weighted by atomic mass is 35.5. The molecule has 0 spiro atoms. The third-order valence-corrected chi connectivity index (χ3v) is 11.0. The van der Waals surface area contributed by atoms with Crippen molar-refractivity contribution in [3.8, 4) is 5.75 Å². The summed E-state index contributed by atoms with van der Waals surface area (Å²) < 4.78 is 37.8. The van der Waals surface area contributed by atoms with E-state index in [0.29, 0.717) is 49.2 Å². The molecule has 1 aliphatic heterocycles. The molecule has 1 fully saturated rings. The number of rotatable bonds is 18. The first-order valence-electron chi connectivity index (χ1n) is 17.3. The van der Waals surface area contributed by atoms with Crippen LogP contribution in [0.25, 0.3) is 0 Å². The van der Waals surface area contributed by atoms with Crippen molar-refractivity contribution < 1.29 is 22.7 Å². The Labute approximate surface area is 302 Å². The maximum atomic E-state index is 13.0. The highest BCUT2D eigenvalue weighted by Crippen LogP contribution is 2.38. The molecule has 0 aliphatic carbocycles. The number of nitrogens with zero attached hydrogens (tertiary/aromatic N) is 3. The molecular formula is C36H52ClN7O5S. The molecule has 1 aliphatic rings. The minimum absolute atomic E-state index is 0.0511. The van der Waals surface area contributed by atoms with Crippen molar-refractivity contribution in [2.24, 2.45) is 0 Å². The van der Waals surface area contributed by atoms with Gasteiger partial charge in [-0.15, -0.1) is 0 Å². The molecule has 1 aromatic heterocycles. The van der Waals surface area contributed by atoms with E-state index in [-0.39, 0.29) is 33.7 Å². The Hall–Kier alpha value is -3.49. The maximum Gasteiger partial charge on any atom is 0.229 e. The second kappa shape index (κ2) is 18.7. The van der Waals surface area contributed by atoms with Crippen LogP contribution in [0.5, 0.6) is 5.75 Å². The van der Waals surface area contributed by atoms with E-state index in [4.69, 9.17) is 21.1 Å². The summed E-state index contributed by atoms with van der Waals surface area (Å²) in [5.41, 5.74) is 3.46. The van der Waals surface area contributed by atoms with Crippen molar-refractivity contribution in [1.82, 2.24) is 25.5 Å². The first-order chi connectivity index (χ1) is 23.9. The molecule has 0 atom stereocenters. The number of hydrogen-bond donors (Lipinski definition) is 4. The predicted octanol–water partition coefficient (Wildman–Crippen LogP) is 5.82. The van der Waals surface area contributed by atoms with Gasteiger partial charge in [-0.1, -0.05) is 23.7 Å². The fourth-order valence-corrected chi connectivity index (χ4v) is 7.12. The van der Waals surface area contributed by atoms with Gasteiger partial charge in [0.2, 0.25) is 11.9 Å². The summed E-state index contributed by atoms with van der Waals surface area (Å²) in [6.07, 6.45) is 3.85. The number of hydrogen-bond acceptors (Lipinski definition) is 11. The number of likely N-dealkylation sites (tertiary alicyclic amines) is 1. The summed E-state index contributed by atoms with van der Waals surface area (Å²) in [5, 5.41) is 12.0. The number of ether oxygens (including phenoxy) is 2. The Balaban J connectivity index is 1.42. The van der Waals surface area contributed by atoms with Gasteiger partial charge in [-0.3, -0.25) is 4.79 Å². The molecule has 0 bridgehead atoms. The van der Waals surface area contributed by atoms with Gasteiger partial charge >= 0.3 is 0 Å². The monoisotopic (exact) mass is 729 g/mol. The van der Waals surface area contributed by atoms with E-state index < -0.39 is 15.1 Å². The number of benzene rings is 2. The number of carbonyl (C=O) groups excluding carboxylic acids is 1. The Morgan fingerprint density at radius 3 is 2.46 bits per heavy atom. The third kappa shape index (κ3) is 11.0. The van der Waals surface area contributed by atoms with Gasteiger partial charge in [0, 0.05) is 26.1 Å². The van der Waals surface area contributed by atoms with Crippen molar-refractivity contribution in [3.05, 3.63) is 58.7 Å². The smallest absolute Gasteiger partial charge is 0.229 e. The number of nitrogens with one attached hydrogen (secondary N) is 4. The molecule has 0 radical (unpaired) electrons. The van der Waals surface area contributed by atoms with E-state index in [9.17, 15) is 13.2 Å². The van der Waals surface area contributed by atoms with Crippen molar-refractivity contribution in [3.63, 3.8) is 0 Å². The second-order valence-electron chi connectivity index (χ2n) is 13.0. The van der Waals surface area contributed by atoms with Gasteiger partial charge in [-0.25, -0.2) is 13.4 Å². The molecule has 4 rings (SSSR count). The maximum absolute atomic E-state index is 13.0. The molecule has 1 saturated heterocycles. The van der Waals surface area contributed by atoms with Crippen LogP contribution in [0.1, 0.15) is 64.0 Å². The second-order valence-corrected chi connectivity index (χ2v) is 15.9. The van der Waals surface area contributed by atoms with E-state index in [1.807, 2.05) is 20.9 Å². The van der Waals surface area contributed by atoms with E-state index in [0.717, 1.165) is 44.6 Å². The lowest BCUT2D eigenvalue weighted by Gasteiger charge is -2.33. The number of likely N-dealkylation sites (N-methyl/N-ethyl adjacent to an activating group) is 1. The highest BCUT2D eigenvalue weighted by Gasteiger charge is 2.25. The molecule has 14 heteroatoms. The summed E-state index contributed by atoms with van der Waals surface area (Å²) in [5.74, 6) is 1.66. The number of anilines is 4.